The number of Topliss-reactive ketones (excluding diaryl/α,β-unsaturated/α-hetero) is 3. The molecule has 28 heavy (non-hydrogen) atoms. The Hall–Kier alpha value is -0.316. The van der Waals surface area contributed by atoms with E-state index in [1.54, 1.807) is 0 Å². The van der Waals surface area contributed by atoms with Gasteiger partial charge in [-0.25, -0.2) is 0 Å². The van der Waals surface area contributed by atoms with E-state index < -0.39 is 24.2 Å². The monoisotopic (exact) mass is 431 g/mol. The fraction of sp³-hybridized carbons (Fsp3) is 0.870. The van der Waals surface area contributed by atoms with Crippen LogP contribution in [0.1, 0.15) is 92.9 Å². The number of hydrogen-bond donors (Lipinski definition) is 0. The van der Waals surface area contributed by atoms with Gasteiger partial charge in [0.2, 0.25) is 0 Å². The number of carbonyl (C=O) groups is 3. The first-order valence-electron chi connectivity index (χ1n) is 11.2. The number of ketones is 3. The summed E-state index contributed by atoms with van der Waals surface area (Å²) >= 11 is -1.77. The van der Waals surface area contributed by atoms with Crippen LogP contribution in [0.4, 0.5) is 0 Å². The van der Waals surface area contributed by atoms with E-state index in [1.807, 2.05) is 0 Å². The van der Waals surface area contributed by atoms with Crippen molar-refractivity contribution in [3.05, 3.63) is 0 Å². The Morgan fingerprint density at radius 1 is 0.714 bits per heavy atom. The molecule has 0 spiro atoms. The molecule has 0 N–H and O–H groups in total. The van der Waals surface area contributed by atoms with Crippen molar-refractivity contribution in [2.75, 3.05) is 6.61 Å². The zero-order chi connectivity index (χ0) is 21.5. The third-order valence-electron chi connectivity index (χ3n) is 5.03. The third-order valence-corrected chi connectivity index (χ3v) is 8.74. The minimum atomic E-state index is -1.77. The van der Waals surface area contributed by atoms with E-state index in [-0.39, 0.29) is 24.0 Å². The van der Waals surface area contributed by atoms with E-state index in [9.17, 15) is 14.4 Å². The van der Waals surface area contributed by atoms with Crippen LogP contribution in [0.2, 0.25) is 9.45 Å². The summed E-state index contributed by atoms with van der Waals surface area (Å²) in [5.41, 5.74) is 0. The molecular weight excluding hydrogens is 388 g/mol. The molecule has 0 aliphatic rings. The molecule has 0 heterocycles. The van der Waals surface area contributed by atoms with Gasteiger partial charge < -0.3 is 0 Å². The average Bonchev–Trinajstić information content (AvgIpc) is 2.56. The maximum atomic E-state index is 12.3. The molecule has 0 atom stereocenters. The molecule has 163 valence electrons. The Bertz CT molecular complexity index is 428. The molecular formula is C23H43O4Ti. The number of unbranched alkanes of at least 4 members (excludes halogenated alkanes) is 4. The number of carbonyl (C=O) groups excluding carboxylic acids is 3. The number of hydrogen-bond acceptors (Lipinski definition) is 4. The van der Waals surface area contributed by atoms with E-state index in [1.165, 1.54) is 65.2 Å². The van der Waals surface area contributed by atoms with Crippen LogP contribution in [0.3, 0.4) is 0 Å². The first kappa shape index (κ1) is 27.7. The van der Waals surface area contributed by atoms with Crippen molar-refractivity contribution in [2.24, 2.45) is 17.8 Å². The van der Waals surface area contributed by atoms with Crippen LogP contribution in [-0.2, 0) is 36.0 Å². The summed E-state index contributed by atoms with van der Waals surface area (Å²) in [5, 5.41) is 0. The Labute approximate surface area is 179 Å². The average molecular weight is 431 g/mol. The van der Waals surface area contributed by atoms with E-state index in [0.717, 1.165) is 21.3 Å². The van der Waals surface area contributed by atoms with Gasteiger partial charge in [0.05, 0.1) is 0 Å². The van der Waals surface area contributed by atoms with Gasteiger partial charge in [-0.1, -0.05) is 0 Å². The van der Waals surface area contributed by atoms with Crippen LogP contribution in [0.5, 0.6) is 0 Å². The molecule has 0 radical (unpaired) electrons. The fourth-order valence-electron chi connectivity index (χ4n) is 3.37. The summed E-state index contributed by atoms with van der Waals surface area (Å²) in [6, 6.07) is 0. The summed E-state index contributed by atoms with van der Waals surface area (Å²) in [5.74, 6) is -0.725. The van der Waals surface area contributed by atoms with Gasteiger partial charge in [-0.05, 0) is 0 Å². The molecule has 0 bridgehead atoms. The standard InChI is InChI=1S/2C8H17.C7H9O4.Ti/c2*1-4-5-6-7-8(2)3;1-4(9)7(5(2)10)6(11)3-8;/h2*8H,1,4-7H2,2-3H3;7H,3H2,1-2H3;/q;;-1;+1. The third kappa shape index (κ3) is 14.6. The molecule has 0 rings (SSSR count). The van der Waals surface area contributed by atoms with E-state index in [4.69, 9.17) is 3.32 Å². The normalized spacial score (nSPS) is 11.5. The number of rotatable bonds is 18. The molecule has 0 saturated heterocycles. The predicted molar refractivity (Wildman–Crippen MR) is 112 cm³/mol. The summed E-state index contributed by atoms with van der Waals surface area (Å²) in [6.07, 6.45) is 9.84. The van der Waals surface area contributed by atoms with Crippen molar-refractivity contribution in [2.45, 2.75) is 102 Å². The molecule has 0 fully saturated rings. The second-order valence-corrected chi connectivity index (χ2v) is 12.6. The van der Waals surface area contributed by atoms with Crippen LogP contribution in [0.25, 0.3) is 0 Å². The van der Waals surface area contributed by atoms with Crippen LogP contribution < -0.4 is 0 Å². The van der Waals surface area contributed by atoms with Crippen molar-refractivity contribution in [3.8, 4) is 0 Å². The van der Waals surface area contributed by atoms with Crippen molar-refractivity contribution >= 4 is 17.3 Å². The van der Waals surface area contributed by atoms with Gasteiger partial charge in [0, 0.05) is 0 Å². The van der Waals surface area contributed by atoms with E-state index in [2.05, 4.69) is 27.7 Å². The Kier molecular flexibility index (Phi) is 16.3. The quantitative estimate of drug-likeness (QED) is 0.148. The second kappa shape index (κ2) is 16.5. The van der Waals surface area contributed by atoms with Crippen LogP contribution >= 0.6 is 0 Å². The molecule has 4 nitrogen and oxygen atoms in total. The summed E-state index contributed by atoms with van der Waals surface area (Å²) in [7, 11) is 0. The summed E-state index contributed by atoms with van der Waals surface area (Å²) < 4.78 is 8.28. The molecule has 0 aromatic carbocycles. The summed E-state index contributed by atoms with van der Waals surface area (Å²) in [4.78, 5) is 35.5. The second-order valence-electron chi connectivity index (χ2n) is 8.93. The van der Waals surface area contributed by atoms with Gasteiger partial charge >= 0.3 is 180 Å². The molecule has 0 aliphatic heterocycles. The zero-order valence-corrected chi connectivity index (χ0v) is 20.7. The molecule has 0 aliphatic carbocycles. The first-order chi connectivity index (χ1) is 13.1. The maximum absolute atomic E-state index is 12.3. The van der Waals surface area contributed by atoms with Gasteiger partial charge in [-0.3, -0.25) is 0 Å². The topological polar surface area (TPSA) is 60.4 Å². The van der Waals surface area contributed by atoms with Crippen LogP contribution in [0.15, 0.2) is 0 Å². The minimum absolute atomic E-state index is 0.0584. The van der Waals surface area contributed by atoms with Gasteiger partial charge in [0.15, 0.2) is 0 Å². The molecule has 0 unspecified atom stereocenters. The van der Waals surface area contributed by atoms with Crippen LogP contribution in [-0.4, -0.2) is 24.0 Å². The Balaban J connectivity index is 4.45. The van der Waals surface area contributed by atoms with Crippen molar-refractivity contribution < 1.29 is 36.0 Å². The molecule has 0 aromatic heterocycles. The van der Waals surface area contributed by atoms with Crippen molar-refractivity contribution in [1.82, 2.24) is 0 Å². The Morgan fingerprint density at radius 2 is 1.14 bits per heavy atom. The van der Waals surface area contributed by atoms with Gasteiger partial charge in [0.1, 0.15) is 0 Å². The van der Waals surface area contributed by atoms with Gasteiger partial charge in [-0.2, -0.15) is 0 Å². The van der Waals surface area contributed by atoms with Gasteiger partial charge in [-0.15, -0.1) is 0 Å². The summed E-state index contributed by atoms with van der Waals surface area (Å²) in [6.45, 7) is 11.6. The molecule has 0 aromatic rings. The zero-order valence-electron chi connectivity index (χ0n) is 19.1. The fourth-order valence-corrected chi connectivity index (χ4v) is 6.76. The van der Waals surface area contributed by atoms with Crippen LogP contribution in [0, 0.1) is 17.8 Å². The van der Waals surface area contributed by atoms with Crippen molar-refractivity contribution in [3.63, 3.8) is 0 Å². The van der Waals surface area contributed by atoms with E-state index in [0.29, 0.717) is 0 Å². The molecule has 5 heteroatoms. The molecule has 0 saturated carbocycles. The van der Waals surface area contributed by atoms with Crippen molar-refractivity contribution in [1.29, 1.82) is 0 Å². The first-order valence-corrected chi connectivity index (χ1v) is 14.0. The van der Waals surface area contributed by atoms with E-state index >= 15 is 0 Å². The Morgan fingerprint density at radius 3 is 1.50 bits per heavy atom. The SMILES string of the molecule is CC(=O)C(C(C)=O)C(=O)C[O][Ti]([CH2]CCCCC(C)C)[CH2]CCCCC(C)C. The molecule has 0 amide bonds. The van der Waals surface area contributed by atoms with Gasteiger partial charge in [0.25, 0.3) is 0 Å². The predicted octanol–water partition coefficient (Wildman–Crippen LogP) is 6.17.